The van der Waals surface area contributed by atoms with Gasteiger partial charge in [0.1, 0.15) is 11.8 Å². The summed E-state index contributed by atoms with van der Waals surface area (Å²) < 4.78 is 4.98. The SMILES string of the molecule is COc1ccc(N)c(C(=O)CC(NC(C)=O)C(=O)O)c1. The zero-order valence-corrected chi connectivity index (χ0v) is 11.2. The number of anilines is 1. The van der Waals surface area contributed by atoms with E-state index in [9.17, 15) is 14.4 Å². The molecule has 0 aliphatic rings. The molecule has 1 aromatic rings. The largest absolute Gasteiger partial charge is 0.497 e. The predicted octanol–water partition coefficient (Wildman–Crippen LogP) is 0.439. The number of carbonyl (C=O) groups is 3. The van der Waals surface area contributed by atoms with Crippen molar-refractivity contribution in [2.75, 3.05) is 12.8 Å². The molecule has 0 aliphatic heterocycles. The van der Waals surface area contributed by atoms with Crippen molar-refractivity contribution in [1.82, 2.24) is 5.32 Å². The van der Waals surface area contributed by atoms with E-state index in [1.54, 1.807) is 6.07 Å². The normalized spacial score (nSPS) is 11.5. The Labute approximate surface area is 115 Å². The number of nitrogens with one attached hydrogen (secondary N) is 1. The smallest absolute Gasteiger partial charge is 0.326 e. The van der Waals surface area contributed by atoms with Crippen molar-refractivity contribution < 1.29 is 24.2 Å². The van der Waals surface area contributed by atoms with Gasteiger partial charge in [0.15, 0.2) is 5.78 Å². The number of carboxylic acid groups (broad SMARTS) is 1. The highest BCUT2D eigenvalue weighted by Crippen LogP contribution is 2.21. The lowest BCUT2D eigenvalue weighted by molar-refractivity contribution is -0.141. The van der Waals surface area contributed by atoms with Crippen LogP contribution in [-0.2, 0) is 9.59 Å². The molecule has 0 aromatic heterocycles. The molecule has 20 heavy (non-hydrogen) atoms. The Kier molecular flexibility index (Phi) is 5.08. The molecule has 108 valence electrons. The zero-order valence-electron chi connectivity index (χ0n) is 11.2. The third-order valence-electron chi connectivity index (χ3n) is 2.63. The molecule has 1 aromatic carbocycles. The molecule has 1 rings (SSSR count). The first-order valence-electron chi connectivity index (χ1n) is 5.81. The van der Waals surface area contributed by atoms with Gasteiger partial charge in [0.25, 0.3) is 0 Å². The van der Waals surface area contributed by atoms with Crippen molar-refractivity contribution in [3.63, 3.8) is 0 Å². The van der Waals surface area contributed by atoms with Crippen LogP contribution in [0.5, 0.6) is 5.75 Å². The summed E-state index contributed by atoms with van der Waals surface area (Å²) in [5, 5.41) is 11.2. The van der Waals surface area contributed by atoms with Gasteiger partial charge in [-0.15, -0.1) is 0 Å². The standard InChI is InChI=1S/C13H16N2O5/c1-7(16)15-11(13(18)19)6-12(17)9-5-8(20-2)3-4-10(9)14/h3-5,11H,6,14H2,1-2H3,(H,15,16)(H,18,19). The molecule has 0 radical (unpaired) electrons. The summed E-state index contributed by atoms with van der Waals surface area (Å²) in [4.78, 5) is 34.0. The van der Waals surface area contributed by atoms with E-state index in [0.717, 1.165) is 0 Å². The van der Waals surface area contributed by atoms with E-state index < -0.39 is 23.7 Å². The second-order valence-electron chi connectivity index (χ2n) is 4.17. The molecule has 0 fully saturated rings. The first-order chi connectivity index (χ1) is 9.35. The van der Waals surface area contributed by atoms with Crippen molar-refractivity contribution in [3.05, 3.63) is 23.8 Å². The van der Waals surface area contributed by atoms with E-state index in [1.807, 2.05) is 0 Å². The Balaban J connectivity index is 2.94. The second-order valence-corrected chi connectivity index (χ2v) is 4.17. The highest BCUT2D eigenvalue weighted by molar-refractivity contribution is 6.03. The summed E-state index contributed by atoms with van der Waals surface area (Å²) in [6, 6.07) is 3.24. The Morgan fingerprint density at radius 1 is 1.40 bits per heavy atom. The Hall–Kier alpha value is -2.57. The topological polar surface area (TPSA) is 119 Å². The van der Waals surface area contributed by atoms with Crippen molar-refractivity contribution in [2.24, 2.45) is 0 Å². The van der Waals surface area contributed by atoms with E-state index in [4.69, 9.17) is 15.6 Å². The molecule has 0 heterocycles. The molecule has 0 spiro atoms. The number of nitrogens with two attached hydrogens (primary N) is 1. The van der Waals surface area contributed by atoms with Gasteiger partial charge in [0, 0.05) is 24.6 Å². The van der Waals surface area contributed by atoms with Crippen LogP contribution in [0.3, 0.4) is 0 Å². The molecular weight excluding hydrogens is 264 g/mol. The van der Waals surface area contributed by atoms with Gasteiger partial charge in [-0.1, -0.05) is 0 Å². The number of methoxy groups -OCH3 is 1. The molecule has 0 bridgehead atoms. The lowest BCUT2D eigenvalue weighted by Crippen LogP contribution is -2.41. The van der Waals surface area contributed by atoms with Gasteiger partial charge < -0.3 is 20.9 Å². The fourth-order valence-corrected chi connectivity index (χ4v) is 1.64. The van der Waals surface area contributed by atoms with E-state index >= 15 is 0 Å². The minimum absolute atomic E-state index is 0.168. The molecule has 0 aliphatic carbocycles. The van der Waals surface area contributed by atoms with Crippen LogP contribution in [0.25, 0.3) is 0 Å². The summed E-state index contributed by atoms with van der Waals surface area (Å²) in [6.07, 6.45) is -0.383. The van der Waals surface area contributed by atoms with Crippen LogP contribution in [-0.4, -0.2) is 35.9 Å². The zero-order chi connectivity index (χ0) is 15.3. The fourth-order valence-electron chi connectivity index (χ4n) is 1.64. The number of aliphatic carboxylic acids is 1. The molecule has 7 heteroatoms. The van der Waals surface area contributed by atoms with Crippen LogP contribution >= 0.6 is 0 Å². The number of Topliss-reactive ketones (excluding diaryl/α,β-unsaturated/α-hetero) is 1. The van der Waals surface area contributed by atoms with Crippen LogP contribution in [0.4, 0.5) is 5.69 Å². The monoisotopic (exact) mass is 280 g/mol. The summed E-state index contributed by atoms with van der Waals surface area (Å²) in [7, 11) is 1.44. The van der Waals surface area contributed by atoms with Crippen molar-refractivity contribution >= 4 is 23.3 Å². The number of carboxylic acids is 1. The van der Waals surface area contributed by atoms with Crippen LogP contribution in [0.1, 0.15) is 23.7 Å². The number of ketones is 1. The average Bonchev–Trinajstić information content (AvgIpc) is 2.37. The van der Waals surface area contributed by atoms with Crippen molar-refractivity contribution in [3.8, 4) is 5.75 Å². The van der Waals surface area contributed by atoms with Gasteiger partial charge in [-0.25, -0.2) is 4.79 Å². The average molecular weight is 280 g/mol. The summed E-state index contributed by atoms with van der Waals surface area (Å²) >= 11 is 0. The number of hydrogen-bond donors (Lipinski definition) is 3. The maximum Gasteiger partial charge on any atom is 0.326 e. The lowest BCUT2D eigenvalue weighted by atomic mass is 10.0. The van der Waals surface area contributed by atoms with E-state index in [1.165, 1.54) is 26.2 Å². The van der Waals surface area contributed by atoms with Gasteiger partial charge in [0.05, 0.1) is 7.11 Å². The van der Waals surface area contributed by atoms with E-state index in [0.29, 0.717) is 5.75 Å². The second kappa shape index (κ2) is 6.55. The predicted molar refractivity (Wildman–Crippen MR) is 71.6 cm³/mol. The molecule has 0 saturated heterocycles. The fraction of sp³-hybridized carbons (Fsp3) is 0.308. The Bertz CT molecular complexity index is 542. The number of carbonyl (C=O) groups excluding carboxylic acids is 2. The third-order valence-corrected chi connectivity index (χ3v) is 2.63. The number of nitrogen functional groups attached to an aromatic ring is 1. The molecule has 1 amide bonds. The van der Waals surface area contributed by atoms with E-state index in [2.05, 4.69) is 5.32 Å². The first kappa shape index (κ1) is 15.5. The number of benzene rings is 1. The molecule has 7 nitrogen and oxygen atoms in total. The summed E-state index contributed by atoms with van der Waals surface area (Å²) in [5.41, 5.74) is 6.08. The number of hydrogen-bond acceptors (Lipinski definition) is 5. The van der Waals surface area contributed by atoms with Crippen LogP contribution < -0.4 is 15.8 Å². The maximum atomic E-state index is 12.1. The molecular formula is C13H16N2O5. The highest BCUT2D eigenvalue weighted by Gasteiger charge is 2.24. The van der Waals surface area contributed by atoms with Gasteiger partial charge in [0.2, 0.25) is 5.91 Å². The number of rotatable bonds is 6. The minimum Gasteiger partial charge on any atom is -0.497 e. The maximum absolute atomic E-state index is 12.1. The van der Waals surface area contributed by atoms with Gasteiger partial charge in [-0.2, -0.15) is 0 Å². The highest BCUT2D eigenvalue weighted by atomic mass is 16.5. The van der Waals surface area contributed by atoms with Gasteiger partial charge >= 0.3 is 5.97 Å². The summed E-state index contributed by atoms with van der Waals surface area (Å²) in [5.74, 6) is -1.85. The lowest BCUT2D eigenvalue weighted by Gasteiger charge is -2.13. The summed E-state index contributed by atoms with van der Waals surface area (Å²) in [6.45, 7) is 1.18. The number of ether oxygens (including phenoxy) is 1. The van der Waals surface area contributed by atoms with Crippen LogP contribution in [0, 0.1) is 0 Å². The molecule has 1 atom stereocenters. The first-order valence-corrected chi connectivity index (χ1v) is 5.81. The van der Waals surface area contributed by atoms with Gasteiger partial charge in [-0.05, 0) is 18.2 Å². The quantitative estimate of drug-likeness (QED) is 0.514. The third kappa shape index (κ3) is 3.98. The van der Waals surface area contributed by atoms with Crippen molar-refractivity contribution in [2.45, 2.75) is 19.4 Å². The van der Waals surface area contributed by atoms with Crippen LogP contribution in [0.15, 0.2) is 18.2 Å². The molecule has 1 unspecified atom stereocenters. The van der Waals surface area contributed by atoms with Crippen molar-refractivity contribution in [1.29, 1.82) is 0 Å². The van der Waals surface area contributed by atoms with Crippen LogP contribution in [0.2, 0.25) is 0 Å². The Morgan fingerprint density at radius 3 is 2.55 bits per heavy atom. The molecule has 0 saturated carbocycles. The van der Waals surface area contributed by atoms with E-state index in [-0.39, 0.29) is 17.7 Å². The minimum atomic E-state index is -1.29. The Morgan fingerprint density at radius 2 is 2.05 bits per heavy atom. The molecule has 4 N–H and O–H groups in total. The number of amides is 1. The van der Waals surface area contributed by atoms with Gasteiger partial charge in [-0.3, -0.25) is 9.59 Å².